The van der Waals surface area contributed by atoms with Crippen LogP contribution in [0.3, 0.4) is 0 Å². The molecule has 5 heteroatoms. The second kappa shape index (κ2) is 4.48. The van der Waals surface area contributed by atoms with Crippen molar-refractivity contribution in [2.24, 2.45) is 5.92 Å². The summed E-state index contributed by atoms with van der Waals surface area (Å²) in [5.74, 6) is 1.32. The summed E-state index contributed by atoms with van der Waals surface area (Å²) in [7, 11) is 0. The number of hydrogen-bond acceptors (Lipinski definition) is 2. The molecule has 2 aromatic heterocycles. The van der Waals surface area contributed by atoms with Gasteiger partial charge in [-0.3, -0.25) is 0 Å². The average molecular weight is 323 g/mol. The Bertz CT molecular complexity index is 761. The number of aromatic nitrogens is 2. The molecular weight excluding hydrogens is 311 g/mol. The summed E-state index contributed by atoms with van der Waals surface area (Å²) in [4.78, 5) is 5.95. The number of thiophene rings is 1. The van der Waals surface area contributed by atoms with E-state index in [2.05, 4.69) is 22.1 Å². The summed E-state index contributed by atoms with van der Waals surface area (Å²) >= 11 is 14.1. The number of imidazole rings is 1. The van der Waals surface area contributed by atoms with Crippen molar-refractivity contribution in [1.82, 2.24) is 9.55 Å². The maximum atomic E-state index is 6.19. The summed E-state index contributed by atoms with van der Waals surface area (Å²) in [5, 5.41) is 2.07. The van der Waals surface area contributed by atoms with E-state index < -0.39 is 4.33 Å². The van der Waals surface area contributed by atoms with Crippen LogP contribution in [0, 0.1) is 5.92 Å². The lowest BCUT2D eigenvalue weighted by Crippen LogP contribution is -2.05. The zero-order valence-corrected chi connectivity index (χ0v) is 12.9. The van der Waals surface area contributed by atoms with Crippen molar-refractivity contribution in [1.29, 1.82) is 0 Å². The Kier molecular flexibility index (Phi) is 2.85. The van der Waals surface area contributed by atoms with E-state index in [1.54, 1.807) is 11.3 Å². The van der Waals surface area contributed by atoms with E-state index in [-0.39, 0.29) is 0 Å². The van der Waals surface area contributed by atoms with Gasteiger partial charge in [0.15, 0.2) is 5.82 Å². The van der Waals surface area contributed by atoms with Gasteiger partial charge in [0.2, 0.25) is 0 Å². The van der Waals surface area contributed by atoms with Gasteiger partial charge in [-0.25, -0.2) is 4.98 Å². The van der Waals surface area contributed by atoms with Crippen LogP contribution >= 0.6 is 34.5 Å². The van der Waals surface area contributed by atoms with E-state index in [1.165, 1.54) is 4.88 Å². The number of hydrogen-bond donors (Lipinski definition) is 0. The van der Waals surface area contributed by atoms with Crippen LogP contribution in [0.2, 0.25) is 0 Å². The molecule has 1 aliphatic carbocycles. The Morgan fingerprint density at radius 3 is 2.75 bits per heavy atom. The van der Waals surface area contributed by atoms with Crippen LogP contribution in [0.5, 0.6) is 0 Å². The van der Waals surface area contributed by atoms with Crippen LogP contribution in [0.4, 0.5) is 0 Å². The first-order chi connectivity index (χ1) is 9.65. The van der Waals surface area contributed by atoms with Crippen molar-refractivity contribution in [3.05, 3.63) is 41.8 Å². The number of halogens is 2. The van der Waals surface area contributed by atoms with Crippen LogP contribution in [-0.4, -0.2) is 13.9 Å². The van der Waals surface area contributed by atoms with Crippen molar-refractivity contribution in [3.63, 3.8) is 0 Å². The Labute approximate surface area is 131 Å². The largest absolute Gasteiger partial charge is 0.323 e. The fourth-order valence-corrected chi connectivity index (χ4v) is 3.77. The molecule has 1 aliphatic rings. The van der Waals surface area contributed by atoms with Gasteiger partial charge in [0.25, 0.3) is 0 Å². The maximum Gasteiger partial charge on any atom is 0.151 e. The molecule has 0 bridgehead atoms. The first-order valence-electron chi connectivity index (χ1n) is 6.52. The molecule has 3 aromatic rings. The van der Waals surface area contributed by atoms with Crippen molar-refractivity contribution < 1.29 is 0 Å². The first-order valence-corrected chi connectivity index (χ1v) is 8.16. The first kappa shape index (κ1) is 12.7. The zero-order chi connectivity index (χ0) is 13.7. The van der Waals surface area contributed by atoms with Gasteiger partial charge in [0.05, 0.1) is 15.9 Å². The predicted octanol–water partition coefficient (Wildman–Crippen LogP) is 4.96. The highest BCUT2D eigenvalue weighted by Gasteiger charge is 2.51. The lowest BCUT2D eigenvalue weighted by Gasteiger charge is -2.08. The maximum absolute atomic E-state index is 6.19. The molecule has 0 N–H and O–H groups in total. The summed E-state index contributed by atoms with van der Waals surface area (Å²) in [5.41, 5.74) is 2.17. The van der Waals surface area contributed by atoms with Gasteiger partial charge in [0, 0.05) is 12.5 Å². The molecule has 4 rings (SSSR count). The Hall–Kier alpha value is -1.03. The monoisotopic (exact) mass is 322 g/mol. The average Bonchev–Trinajstić information content (AvgIpc) is 2.87. The summed E-state index contributed by atoms with van der Waals surface area (Å²) in [6, 6.07) is 12.4. The molecular formula is C15H12Cl2N2S. The lowest BCUT2D eigenvalue weighted by atomic mass is 10.3. The molecule has 0 spiro atoms. The summed E-state index contributed by atoms with van der Waals surface area (Å²) < 4.78 is 1.69. The highest BCUT2D eigenvalue weighted by Crippen LogP contribution is 2.54. The molecule has 1 aromatic carbocycles. The topological polar surface area (TPSA) is 17.8 Å². The third-order valence-corrected chi connectivity index (χ3v) is 5.55. The molecule has 102 valence electrons. The second-order valence-corrected chi connectivity index (χ2v) is 7.66. The highest BCUT2D eigenvalue weighted by molar-refractivity contribution is 7.13. The molecule has 2 nitrogen and oxygen atoms in total. The quantitative estimate of drug-likeness (QED) is 0.623. The van der Waals surface area contributed by atoms with Gasteiger partial charge in [0.1, 0.15) is 4.33 Å². The minimum absolute atomic E-state index is 0.308. The van der Waals surface area contributed by atoms with Crippen LogP contribution in [0.1, 0.15) is 6.42 Å². The number of rotatable bonds is 3. The Morgan fingerprint density at radius 1 is 1.25 bits per heavy atom. The standard InChI is InChI=1S/C15H12Cl2N2S/c16-15(17)8-10(15)9-19-12-5-2-1-4-11(12)18-14(19)13-6-3-7-20-13/h1-7,10H,8-9H2. The SMILES string of the molecule is ClC1(Cl)CC1Cn1c(-c2cccs2)nc2ccccc21. The number of nitrogens with zero attached hydrogens (tertiary/aromatic N) is 2. The normalized spacial score (nSPS) is 20.4. The van der Waals surface area contributed by atoms with Crippen LogP contribution < -0.4 is 0 Å². The van der Waals surface area contributed by atoms with E-state index in [4.69, 9.17) is 28.2 Å². The van der Waals surface area contributed by atoms with E-state index in [0.29, 0.717) is 5.92 Å². The molecule has 0 saturated heterocycles. The summed E-state index contributed by atoms with van der Waals surface area (Å²) in [6.45, 7) is 0.820. The Balaban J connectivity index is 1.85. The molecule has 1 fully saturated rings. The molecule has 1 unspecified atom stereocenters. The van der Waals surface area contributed by atoms with Gasteiger partial charge in [-0.2, -0.15) is 0 Å². The highest BCUT2D eigenvalue weighted by atomic mass is 35.5. The van der Waals surface area contributed by atoms with Crippen molar-refractivity contribution >= 4 is 45.6 Å². The zero-order valence-electron chi connectivity index (χ0n) is 10.6. The van der Waals surface area contributed by atoms with Gasteiger partial charge in [-0.05, 0) is 30.0 Å². The van der Waals surface area contributed by atoms with Crippen LogP contribution in [-0.2, 0) is 6.54 Å². The Morgan fingerprint density at radius 2 is 2.05 bits per heavy atom. The number of alkyl halides is 2. The van der Waals surface area contributed by atoms with Crippen LogP contribution in [0.25, 0.3) is 21.7 Å². The molecule has 20 heavy (non-hydrogen) atoms. The van der Waals surface area contributed by atoms with Crippen LogP contribution in [0.15, 0.2) is 41.8 Å². The molecule has 1 saturated carbocycles. The molecule has 1 atom stereocenters. The smallest absolute Gasteiger partial charge is 0.151 e. The van der Waals surface area contributed by atoms with Crippen molar-refractivity contribution in [2.75, 3.05) is 0 Å². The molecule has 2 heterocycles. The second-order valence-electron chi connectivity index (χ2n) is 5.17. The molecule has 0 aliphatic heterocycles. The van der Waals surface area contributed by atoms with Gasteiger partial charge >= 0.3 is 0 Å². The number of fused-ring (bicyclic) bond motifs is 1. The minimum Gasteiger partial charge on any atom is -0.323 e. The third kappa shape index (κ3) is 2.05. The van der Waals surface area contributed by atoms with Crippen molar-refractivity contribution in [2.45, 2.75) is 17.3 Å². The molecule has 0 amide bonds. The predicted molar refractivity (Wildman–Crippen MR) is 85.6 cm³/mol. The van der Waals surface area contributed by atoms with Gasteiger partial charge in [-0.1, -0.05) is 18.2 Å². The van der Waals surface area contributed by atoms with E-state index in [9.17, 15) is 0 Å². The minimum atomic E-state index is -0.557. The van der Waals surface area contributed by atoms with Crippen molar-refractivity contribution in [3.8, 4) is 10.7 Å². The third-order valence-electron chi connectivity index (χ3n) is 3.75. The van der Waals surface area contributed by atoms with Gasteiger partial charge in [-0.15, -0.1) is 34.5 Å². The fraction of sp³-hybridized carbons (Fsp3) is 0.267. The molecule has 0 radical (unpaired) electrons. The fourth-order valence-electron chi connectivity index (χ4n) is 2.54. The van der Waals surface area contributed by atoms with E-state index in [0.717, 1.165) is 29.8 Å². The lowest BCUT2D eigenvalue weighted by molar-refractivity contribution is 0.643. The summed E-state index contributed by atoms with van der Waals surface area (Å²) in [6.07, 6.45) is 0.854. The number of para-hydroxylation sites is 2. The van der Waals surface area contributed by atoms with E-state index >= 15 is 0 Å². The van der Waals surface area contributed by atoms with E-state index in [1.807, 2.05) is 24.3 Å². The van der Waals surface area contributed by atoms with Gasteiger partial charge < -0.3 is 4.57 Å². The number of benzene rings is 1.